The second-order valence-corrected chi connectivity index (χ2v) is 13.2. The molecule has 6 aromatic rings. The van der Waals surface area contributed by atoms with Gasteiger partial charge in [-0.1, -0.05) is 160 Å². The first kappa shape index (κ1) is 45.2. The van der Waals surface area contributed by atoms with E-state index >= 15 is 0 Å². The van der Waals surface area contributed by atoms with Crippen LogP contribution in [0.15, 0.2) is 177 Å². The lowest BCUT2D eigenvalue weighted by Crippen LogP contribution is -2.11. The molecular formula is C50H63N3O3. The zero-order valence-corrected chi connectivity index (χ0v) is 33.3. The summed E-state index contributed by atoms with van der Waals surface area (Å²) in [5.41, 5.74) is 1.36. The largest absolute Gasteiger partial charge is 0.493 e. The summed E-state index contributed by atoms with van der Waals surface area (Å²) in [4.78, 5) is 11.1. The van der Waals surface area contributed by atoms with Crippen molar-refractivity contribution in [2.75, 3.05) is 26.6 Å². The fraction of sp³-hybridized carbons (Fsp3) is 0.340. The predicted octanol–water partition coefficient (Wildman–Crippen LogP) is 12.9. The molecule has 2 aliphatic heterocycles. The minimum Gasteiger partial charge on any atom is -0.493 e. The van der Waals surface area contributed by atoms with Crippen molar-refractivity contribution in [2.24, 2.45) is 0 Å². The van der Waals surface area contributed by atoms with Gasteiger partial charge < -0.3 is 14.2 Å². The number of benzene rings is 4. The molecule has 0 spiro atoms. The maximum Gasteiger partial charge on any atom is 0.146 e. The number of ether oxygens (including phenoxy) is 3. The predicted molar refractivity (Wildman–Crippen MR) is 234 cm³/mol. The smallest absolute Gasteiger partial charge is 0.146 e. The molecule has 0 amide bonds. The lowest BCUT2D eigenvalue weighted by atomic mass is 10.0. The number of hydrogen-bond donors (Lipinski definition) is 0. The van der Waals surface area contributed by atoms with Crippen LogP contribution >= 0.6 is 0 Å². The number of fused-ring (bicyclic) bond motifs is 2. The highest BCUT2D eigenvalue weighted by atomic mass is 16.7. The second-order valence-electron chi connectivity index (χ2n) is 13.2. The van der Waals surface area contributed by atoms with E-state index in [2.05, 4.69) is 87.8 Å². The SMILES string of the molecule is C1=CCCCC1.C1CCCCC1.C1COCOC1.c1ccc2c(c1)CCCO2.c1ccc2ccccc2c1.c1ccccc1.c1ccncc1.c1cncnc1. The quantitative estimate of drug-likeness (QED) is 0.144. The number of aryl methyl sites for hydroxylation is 1. The molecule has 10 rings (SSSR count). The summed E-state index contributed by atoms with van der Waals surface area (Å²) in [5, 5.41) is 2.62. The van der Waals surface area contributed by atoms with E-state index in [4.69, 9.17) is 14.2 Å². The molecular weight excluding hydrogens is 691 g/mol. The van der Waals surface area contributed by atoms with Crippen LogP contribution in [-0.4, -0.2) is 41.6 Å². The Hall–Kier alpha value is -5.17. The molecule has 0 atom stereocenters. The van der Waals surface area contributed by atoms with E-state index in [1.54, 1.807) is 30.9 Å². The maximum atomic E-state index is 5.42. The number of para-hydroxylation sites is 1. The van der Waals surface area contributed by atoms with Crippen molar-refractivity contribution in [3.63, 3.8) is 0 Å². The molecule has 0 N–H and O–H groups in total. The van der Waals surface area contributed by atoms with Gasteiger partial charge in [0.1, 0.15) is 18.9 Å². The third-order valence-electron chi connectivity index (χ3n) is 8.59. The van der Waals surface area contributed by atoms with E-state index in [0.29, 0.717) is 6.79 Å². The Morgan fingerprint density at radius 1 is 0.375 bits per heavy atom. The van der Waals surface area contributed by atoms with Crippen molar-refractivity contribution < 1.29 is 14.2 Å². The van der Waals surface area contributed by atoms with Gasteiger partial charge in [-0.25, -0.2) is 9.97 Å². The van der Waals surface area contributed by atoms with Crippen molar-refractivity contribution in [3.05, 3.63) is 182 Å². The number of aromatic nitrogens is 3. The van der Waals surface area contributed by atoms with Gasteiger partial charge in [-0.05, 0) is 85.5 Å². The van der Waals surface area contributed by atoms with Crippen molar-refractivity contribution in [2.45, 2.75) is 83.5 Å². The van der Waals surface area contributed by atoms with E-state index in [0.717, 1.165) is 38.4 Å². The minimum atomic E-state index is 0.500. The van der Waals surface area contributed by atoms with Crippen molar-refractivity contribution >= 4 is 10.8 Å². The first-order valence-corrected chi connectivity index (χ1v) is 20.4. The molecule has 2 aromatic heterocycles. The molecule has 0 bridgehead atoms. The van der Waals surface area contributed by atoms with Crippen LogP contribution in [0.5, 0.6) is 5.75 Å². The Labute approximate surface area is 337 Å². The number of rotatable bonds is 0. The van der Waals surface area contributed by atoms with Gasteiger partial charge in [0.25, 0.3) is 0 Å². The molecule has 0 unspecified atom stereocenters. The van der Waals surface area contributed by atoms with E-state index in [1.165, 1.54) is 93.3 Å². The molecule has 4 aliphatic rings. The molecule has 2 aliphatic carbocycles. The van der Waals surface area contributed by atoms with Crippen LogP contribution in [0.2, 0.25) is 0 Å². The molecule has 1 saturated heterocycles. The second kappa shape index (κ2) is 34.3. The van der Waals surface area contributed by atoms with Crippen molar-refractivity contribution in [1.29, 1.82) is 0 Å². The van der Waals surface area contributed by atoms with Gasteiger partial charge in [0, 0.05) is 24.8 Å². The summed E-state index contributed by atoms with van der Waals surface area (Å²) >= 11 is 0. The summed E-state index contributed by atoms with van der Waals surface area (Å²) in [6, 6.07) is 44.5. The van der Waals surface area contributed by atoms with Crippen LogP contribution < -0.4 is 4.74 Å². The van der Waals surface area contributed by atoms with Gasteiger partial charge in [0.2, 0.25) is 0 Å². The van der Waals surface area contributed by atoms with Crippen LogP contribution in [-0.2, 0) is 15.9 Å². The number of hydrogen-bond acceptors (Lipinski definition) is 6. The number of nitrogens with zero attached hydrogens (tertiary/aromatic N) is 3. The van der Waals surface area contributed by atoms with Crippen molar-refractivity contribution in [1.82, 2.24) is 15.0 Å². The summed E-state index contributed by atoms with van der Waals surface area (Å²) < 4.78 is 15.1. The average Bonchev–Trinajstić information content (AvgIpc) is 3.34. The molecule has 56 heavy (non-hydrogen) atoms. The van der Waals surface area contributed by atoms with Gasteiger partial charge in [0.15, 0.2) is 0 Å². The zero-order valence-electron chi connectivity index (χ0n) is 33.3. The standard InChI is InChI=1S/C10H8.C9H10O.C6H12.C6H10.C6H6.C5H5N.C4H4N2.C4H8O2/c1-2-6-10-8-4-3-7-9(10)5-1;1-2-6-9-8(4-1)5-3-7-10-9;4*1-2-4-6-5-3-1;2*1-2-5-4-6-3-1/h1-8H;1-2,4,6H,3,5,7H2;1-6H2;1-2H,3-6H2;1-6H;1-5H;1-4H;1-4H2. The Balaban J connectivity index is 0.000000174. The molecule has 4 heterocycles. The molecule has 6 nitrogen and oxygen atoms in total. The van der Waals surface area contributed by atoms with Gasteiger partial charge >= 0.3 is 0 Å². The van der Waals surface area contributed by atoms with Crippen LogP contribution in [0, 0.1) is 0 Å². The first-order chi connectivity index (χ1) is 27.9. The summed E-state index contributed by atoms with van der Waals surface area (Å²) in [7, 11) is 0. The van der Waals surface area contributed by atoms with Gasteiger partial charge in [-0.2, -0.15) is 0 Å². The normalized spacial score (nSPS) is 14.6. The van der Waals surface area contributed by atoms with Crippen LogP contribution in [0.1, 0.15) is 82.6 Å². The maximum absolute atomic E-state index is 5.42. The van der Waals surface area contributed by atoms with Crippen LogP contribution in [0.4, 0.5) is 0 Å². The Morgan fingerprint density at radius 3 is 1.16 bits per heavy atom. The van der Waals surface area contributed by atoms with E-state index < -0.39 is 0 Å². The molecule has 1 saturated carbocycles. The third-order valence-corrected chi connectivity index (χ3v) is 8.59. The Morgan fingerprint density at radius 2 is 0.839 bits per heavy atom. The number of pyridine rings is 1. The lowest BCUT2D eigenvalue weighted by molar-refractivity contribution is -0.0963. The molecule has 296 valence electrons. The minimum absolute atomic E-state index is 0.500. The van der Waals surface area contributed by atoms with E-state index in [9.17, 15) is 0 Å². The van der Waals surface area contributed by atoms with Crippen LogP contribution in [0.3, 0.4) is 0 Å². The highest BCUT2D eigenvalue weighted by Gasteiger charge is 2.07. The zero-order chi connectivity index (χ0) is 39.1. The van der Waals surface area contributed by atoms with Gasteiger partial charge in [0.05, 0.1) is 19.8 Å². The van der Waals surface area contributed by atoms with E-state index in [-0.39, 0.29) is 0 Å². The van der Waals surface area contributed by atoms with Crippen LogP contribution in [0.25, 0.3) is 10.8 Å². The fourth-order valence-corrected chi connectivity index (χ4v) is 5.64. The Kier molecular flexibility index (Phi) is 27.7. The third kappa shape index (κ3) is 25.0. The molecule has 6 heteroatoms. The van der Waals surface area contributed by atoms with Gasteiger partial charge in [-0.15, -0.1) is 0 Å². The summed E-state index contributed by atoms with van der Waals surface area (Å²) in [6.07, 6.45) is 30.8. The van der Waals surface area contributed by atoms with Crippen molar-refractivity contribution in [3.8, 4) is 5.75 Å². The lowest BCUT2D eigenvalue weighted by Gasteiger charge is -2.15. The first-order valence-electron chi connectivity index (χ1n) is 20.4. The highest BCUT2D eigenvalue weighted by molar-refractivity contribution is 5.82. The number of allylic oxidation sites excluding steroid dienone is 2. The Bertz CT molecular complexity index is 1430. The summed E-state index contributed by atoms with van der Waals surface area (Å²) in [6.45, 7) is 3.14. The fourth-order valence-electron chi connectivity index (χ4n) is 5.64. The van der Waals surface area contributed by atoms with Gasteiger partial charge in [-0.3, -0.25) is 4.98 Å². The highest BCUT2D eigenvalue weighted by Crippen LogP contribution is 2.23. The molecule has 4 aromatic carbocycles. The monoisotopic (exact) mass is 753 g/mol. The topological polar surface area (TPSA) is 66.4 Å². The average molecular weight is 754 g/mol. The summed E-state index contributed by atoms with van der Waals surface area (Å²) in [5.74, 6) is 1.08. The molecule has 2 fully saturated rings. The van der Waals surface area contributed by atoms with E-state index in [1.807, 2.05) is 66.7 Å². The molecule has 0 radical (unpaired) electrons.